The fourth-order valence-corrected chi connectivity index (χ4v) is 2.87. The predicted octanol–water partition coefficient (Wildman–Crippen LogP) is 2.99. The molecule has 0 amide bonds. The summed E-state index contributed by atoms with van der Waals surface area (Å²) in [7, 11) is 1.31. The lowest BCUT2D eigenvalue weighted by Gasteiger charge is -2.04. The monoisotopic (exact) mass is 350 g/mol. The van der Waals surface area contributed by atoms with Gasteiger partial charge in [-0.3, -0.25) is 0 Å². The summed E-state index contributed by atoms with van der Waals surface area (Å²) in [5.41, 5.74) is 1.51. The van der Waals surface area contributed by atoms with Crippen molar-refractivity contribution in [2.45, 2.75) is 10.9 Å². The van der Waals surface area contributed by atoms with Crippen molar-refractivity contribution in [2.75, 3.05) is 7.11 Å². The second kappa shape index (κ2) is 6.84. The number of nitrogens with zero attached hydrogens (tertiary/aromatic N) is 4. The lowest BCUT2D eigenvalue weighted by atomic mass is 10.3. The first-order chi connectivity index (χ1) is 11.2. The van der Waals surface area contributed by atoms with Crippen LogP contribution in [-0.4, -0.2) is 33.3 Å². The Morgan fingerprint density at radius 3 is 2.87 bits per heavy atom. The van der Waals surface area contributed by atoms with E-state index in [1.165, 1.54) is 25.1 Å². The van der Waals surface area contributed by atoms with Gasteiger partial charge in [0, 0.05) is 16.3 Å². The lowest BCUT2D eigenvalue weighted by Crippen LogP contribution is -2.03. The molecule has 0 radical (unpaired) electrons. The highest BCUT2D eigenvalue weighted by atomic mass is 35.5. The van der Waals surface area contributed by atoms with E-state index >= 15 is 0 Å². The van der Waals surface area contributed by atoms with Crippen molar-refractivity contribution < 1.29 is 13.9 Å². The molecule has 0 aliphatic rings. The zero-order valence-corrected chi connectivity index (χ0v) is 13.5. The highest BCUT2D eigenvalue weighted by Crippen LogP contribution is 2.25. The summed E-state index contributed by atoms with van der Waals surface area (Å²) in [5.74, 6) is 0.142. The van der Waals surface area contributed by atoms with E-state index in [9.17, 15) is 4.79 Å². The molecule has 0 bridgehead atoms. The predicted molar refractivity (Wildman–Crippen MR) is 83.8 cm³/mol. The van der Waals surface area contributed by atoms with E-state index < -0.39 is 5.97 Å². The molecule has 2 aromatic heterocycles. The van der Waals surface area contributed by atoms with Crippen molar-refractivity contribution in [2.24, 2.45) is 0 Å². The van der Waals surface area contributed by atoms with E-state index in [0.717, 1.165) is 5.69 Å². The number of carbonyl (C=O) groups is 1. The van der Waals surface area contributed by atoms with Crippen LogP contribution in [-0.2, 0) is 10.5 Å². The first kappa shape index (κ1) is 15.6. The largest absolute Gasteiger partial charge is 0.463 e. The molecule has 7 nitrogen and oxygen atoms in total. The molecular weight excluding hydrogens is 340 g/mol. The molecule has 2 heterocycles. The number of halogens is 1. The number of tetrazole rings is 1. The van der Waals surface area contributed by atoms with Gasteiger partial charge in [0.15, 0.2) is 0 Å². The molecule has 3 rings (SSSR count). The smallest absolute Gasteiger partial charge is 0.374 e. The van der Waals surface area contributed by atoms with Gasteiger partial charge in [-0.25, -0.2) is 4.79 Å². The van der Waals surface area contributed by atoms with Gasteiger partial charge < -0.3 is 9.15 Å². The molecule has 0 aliphatic heterocycles. The van der Waals surface area contributed by atoms with E-state index in [1.54, 1.807) is 22.9 Å². The number of hydrogen-bond donors (Lipinski definition) is 0. The van der Waals surface area contributed by atoms with Gasteiger partial charge in [0.2, 0.25) is 10.9 Å². The number of aromatic nitrogens is 4. The average Bonchev–Trinajstić information content (AvgIpc) is 3.22. The molecule has 23 heavy (non-hydrogen) atoms. The van der Waals surface area contributed by atoms with Gasteiger partial charge in [-0.2, -0.15) is 4.68 Å². The van der Waals surface area contributed by atoms with Gasteiger partial charge in [-0.1, -0.05) is 23.4 Å². The minimum atomic E-state index is -0.511. The van der Waals surface area contributed by atoms with Gasteiger partial charge in [-0.15, -0.1) is 5.10 Å². The number of esters is 1. The molecule has 0 fully saturated rings. The Hall–Kier alpha value is -2.32. The normalized spacial score (nSPS) is 10.7. The number of hydrogen-bond acceptors (Lipinski definition) is 7. The van der Waals surface area contributed by atoms with Crippen LogP contribution >= 0.6 is 23.4 Å². The van der Waals surface area contributed by atoms with Gasteiger partial charge in [0.1, 0.15) is 0 Å². The van der Waals surface area contributed by atoms with Crippen LogP contribution in [0.1, 0.15) is 16.1 Å². The molecule has 118 valence electrons. The van der Waals surface area contributed by atoms with Crippen LogP contribution in [0.5, 0.6) is 0 Å². The molecule has 0 saturated carbocycles. The molecule has 0 unspecified atom stereocenters. The van der Waals surface area contributed by atoms with Gasteiger partial charge in [0.25, 0.3) is 0 Å². The first-order valence-corrected chi connectivity index (χ1v) is 7.87. The summed E-state index contributed by atoms with van der Waals surface area (Å²) in [6.07, 6.45) is 1.45. The number of benzene rings is 1. The molecule has 3 aromatic rings. The molecule has 0 N–H and O–H groups in total. The number of methoxy groups -OCH3 is 1. The van der Waals surface area contributed by atoms with Crippen LogP contribution in [0.3, 0.4) is 0 Å². The molecule has 0 aliphatic carbocycles. The van der Waals surface area contributed by atoms with E-state index in [4.69, 9.17) is 16.0 Å². The van der Waals surface area contributed by atoms with Crippen molar-refractivity contribution >= 4 is 29.3 Å². The molecule has 9 heteroatoms. The minimum absolute atomic E-state index is 0.186. The number of rotatable bonds is 5. The quantitative estimate of drug-likeness (QED) is 0.516. The van der Waals surface area contributed by atoms with E-state index in [2.05, 4.69) is 20.3 Å². The fraction of sp³-hybridized carbons (Fsp3) is 0.143. The van der Waals surface area contributed by atoms with Crippen LogP contribution in [0, 0.1) is 0 Å². The van der Waals surface area contributed by atoms with Crippen molar-refractivity contribution in [3.8, 4) is 5.69 Å². The number of ether oxygens (including phenoxy) is 1. The molecule has 1 aromatic carbocycles. The van der Waals surface area contributed by atoms with Gasteiger partial charge >= 0.3 is 5.97 Å². The maximum Gasteiger partial charge on any atom is 0.374 e. The summed E-state index contributed by atoms with van der Waals surface area (Å²) in [6.45, 7) is 0. The van der Waals surface area contributed by atoms with Crippen molar-refractivity contribution in [3.63, 3.8) is 0 Å². The SMILES string of the molecule is COC(=O)c1occc1CSc1nnnn1-c1ccc(Cl)cc1. The summed E-state index contributed by atoms with van der Waals surface area (Å²) >= 11 is 7.26. The van der Waals surface area contributed by atoms with Gasteiger partial charge in [0.05, 0.1) is 19.1 Å². The van der Waals surface area contributed by atoms with Crippen molar-refractivity contribution in [1.82, 2.24) is 20.2 Å². The maximum absolute atomic E-state index is 11.6. The Bertz CT molecular complexity index is 816. The van der Waals surface area contributed by atoms with Crippen LogP contribution in [0.25, 0.3) is 5.69 Å². The fourth-order valence-electron chi connectivity index (χ4n) is 1.88. The summed E-state index contributed by atoms with van der Waals surface area (Å²) in [4.78, 5) is 11.6. The molecular formula is C14H11ClN4O3S. The second-order valence-corrected chi connectivity index (χ2v) is 5.78. The first-order valence-electron chi connectivity index (χ1n) is 6.51. The summed E-state index contributed by atoms with van der Waals surface area (Å²) in [5, 5.41) is 12.9. The van der Waals surface area contributed by atoms with E-state index in [1.807, 2.05) is 12.1 Å². The Kier molecular flexibility index (Phi) is 4.63. The van der Waals surface area contributed by atoms with Crippen LogP contribution < -0.4 is 0 Å². The topological polar surface area (TPSA) is 83.0 Å². The second-order valence-electron chi connectivity index (χ2n) is 4.40. The Morgan fingerprint density at radius 1 is 1.35 bits per heavy atom. The number of carbonyl (C=O) groups excluding carboxylic acids is 1. The Morgan fingerprint density at radius 2 is 2.13 bits per heavy atom. The molecule has 0 spiro atoms. The standard InChI is InChI=1S/C14H11ClN4O3S/c1-21-13(20)12-9(6-7-22-12)8-23-14-16-17-18-19(14)11-4-2-10(15)3-5-11/h2-7H,8H2,1H3. The lowest BCUT2D eigenvalue weighted by molar-refractivity contribution is 0.0564. The minimum Gasteiger partial charge on any atom is -0.463 e. The Labute approximate surface area is 140 Å². The van der Waals surface area contributed by atoms with Gasteiger partial charge in [-0.05, 0) is 40.8 Å². The van der Waals surface area contributed by atoms with E-state index in [-0.39, 0.29) is 5.76 Å². The third-order valence-electron chi connectivity index (χ3n) is 2.99. The average molecular weight is 351 g/mol. The highest BCUT2D eigenvalue weighted by molar-refractivity contribution is 7.98. The number of thioether (sulfide) groups is 1. The van der Waals surface area contributed by atoms with Crippen LogP contribution in [0.15, 0.2) is 46.2 Å². The number of furan rings is 1. The zero-order valence-electron chi connectivity index (χ0n) is 12.0. The molecule has 0 atom stereocenters. The molecule has 0 saturated heterocycles. The third-order valence-corrected chi connectivity index (χ3v) is 4.21. The summed E-state index contributed by atoms with van der Waals surface area (Å²) in [6, 6.07) is 8.88. The van der Waals surface area contributed by atoms with E-state index in [0.29, 0.717) is 21.5 Å². The van der Waals surface area contributed by atoms with Crippen LogP contribution in [0.4, 0.5) is 0 Å². The van der Waals surface area contributed by atoms with Crippen molar-refractivity contribution in [1.29, 1.82) is 0 Å². The maximum atomic E-state index is 11.6. The van der Waals surface area contributed by atoms with Crippen LogP contribution in [0.2, 0.25) is 5.02 Å². The summed E-state index contributed by atoms with van der Waals surface area (Å²) < 4.78 is 11.4. The van der Waals surface area contributed by atoms with Crippen molar-refractivity contribution in [3.05, 3.63) is 52.9 Å². The third kappa shape index (κ3) is 3.38. The zero-order chi connectivity index (χ0) is 16.2. The Balaban J connectivity index is 1.78. The highest BCUT2D eigenvalue weighted by Gasteiger charge is 2.17.